The minimum absolute atomic E-state index is 0.0208. The van der Waals surface area contributed by atoms with Gasteiger partial charge in [0.1, 0.15) is 10.6 Å². The van der Waals surface area contributed by atoms with Gasteiger partial charge in [0, 0.05) is 16.6 Å². The van der Waals surface area contributed by atoms with Gasteiger partial charge in [0.05, 0.1) is 5.52 Å². The molecule has 2 N–H and O–H groups in total. The first-order valence-corrected chi connectivity index (χ1v) is 8.15. The average molecular weight is 349 g/mol. The van der Waals surface area contributed by atoms with E-state index in [1.165, 1.54) is 17.5 Å². The number of pyridine rings is 1. The smallest absolute Gasteiger partial charge is 0.262 e. The second-order valence-electron chi connectivity index (χ2n) is 4.94. The number of carbonyl (C=O) groups excluding carboxylic acids is 1. The number of aromatic nitrogens is 3. The summed E-state index contributed by atoms with van der Waals surface area (Å²) in [5.41, 5.74) is 1.07. The molecule has 0 spiro atoms. The normalized spacial score (nSPS) is 10.9. The Labute approximate surface area is 140 Å². The quantitative estimate of drug-likeness (QED) is 0.761. The third-order valence-electron chi connectivity index (χ3n) is 3.48. The third-order valence-corrected chi connectivity index (χ3v) is 4.88. The molecule has 0 saturated carbocycles. The fourth-order valence-corrected chi connectivity index (χ4v) is 3.03. The van der Waals surface area contributed by atoms with Gasteiger partial charge in [-0.05, 0) is 31.0 Å². The summed E-state index contributed by atoms with van der Waals surface area (Å²) < 4.78 is 0. The lowest BCUT2D eigenvalue weighted by atomic mass is 10.1. The van der Waals surface area contributed by atoms with Crippen LogP contribution >= 0.6 is 22.9 Å². The maximum Gasteiger partial charge on any atom is 0.262 e. The Morgan fingerprint density at radius 2 is 2.17 bits per heavy atom. The van der Waals surface area contributed by atoms with E-state index in [9.17, 15) is 9.59 Å². The van der Waals surface area contributed by atoms with Gasteiger partial charge < -0.3 is 4.98 Å². The van der Waals surface area contributed by atoms with Crippen molar-refractivity contribution in [3.8, 4) is 0 Å². The summed E-state index contributed by atoms with van der Waals surface area (Å²) in [6.07, 6.45) is 2.13. The predicted molar refractivity (Wildman–Crippen MR) is 91.6 cm³/mol. The zero-order valence-corrected chi connectivity index (χ0v) is 14.0. The van der Waals surface area contributed by atoms with Gasteiger partial charge in [-0.2, -0.15) is 0 Å². The number of aromatic amines is 1. The lowest BCUT2D eigenvalue weighted by Gasteiger charge is -2.06. The number of nitrogens with one attached hydrogen (secondary N) is 2. The van der Waals surface area contributed by atoms with Gasteiger partial charge in [0.25, 0.3) is 5.91 Å². The fraction of sp³-hybridized carbons (Fsp3) is 0.200. The van der Waals surface area contributed by atoms with E-state index in [0.29, 0.717) is 21.1 Å². The summed E-state index contributed by atoms with van der Waals surface area (Å²) in [5, 5.41) is 12.6. The summed E-state index contributed by atoms with van der Waals surface area (Å²) in [6.45, 7) is 3.77. The van der Waals surface area contributed by atoms with Crippen LogP contribution in [0.2, 0.25) is 5.02 Å². The zero-order valence-electron chi connectivity index (χ0n) is 12.4. The van der Waals surface area contributed by atoms with E-state index >= 15 is 0 Å². The topological polar surface area (TPSA) is 87.7 Å². The summed E-state index contributed by atoms with van der Waals surface area (Å²) in [7, 11) is 0. The molecule has 23 heavy (non-hydrogen) atoms. The van der Waals surface area contributed by atoms with Crippen LogP contribution in [0.1, 0.15) is 27.9 Å². The second-order valence-corrected chi connectivity index (χ2v) is 6.40. The van der Waals surface area contributed by atoms with Gasteiger partial charge in [-0.25, -0.2) is 0 Å². The first-order valence-electron chi connectivity index (χ1n) is 6.95. The van der Waals surface area contributed by atoms with Gasteiger partial charge in [-0.3, -0.25) is 14.9 Å². The van der Waals surface area contributed by atoms with Crippen molar-refractivity contribution < 1.29 is 4.79 Å². The van der Waals surface area contributed by atoms with Crippen molar-refractivity contribution in [1.29, 1.82) is 0 Å². The molecule has 1 amide bonds. The Kier molecular flexibility index (Phi) is 4.14. The van der Waals surface area contributed by atoms with Gasteiger partial charge in [-0.1, -0.05) is 29.9 Å². The molecule has 0 saturated heterocycles. The molecule has 0 fully saturated rings. The molecule has 6 nitrogen and oxygen atoms in total. The zero-order chi connectivity index (χ0) is 16.6. The first kappa shape index (κ1) is 15.6. The highest BCUT2D eigenvalue weighted by Crippen LogP contribution is 2.22. The van der Waals surface area contributed by atoms with Crippen molar-refractivity contribution in [2.45, 2.75) is 20.3 Å². The molecule has 0 unspecified atom stereocenters. The molecule has 0 bridgehead atoms. The Bertz CT molecular complexity index is 964. The molecule has 3 rings (SSSR count). The van der Waals surface area contributed by atoms with E-state index < -0.39 is 5.91 Å². The number of hydrogen-bond acceptors (Lipinski definition) is 5. The number of fused-ring (bicyclic) bond motifs is 1. The molecule has 0 aliphatic heterocycles. The summed E-state index contributed by atoms with van der Waals surface area (Å²) >= 11 is 7.34. The average Bonchev–Trinajstić information content (AvgIpc) is 2.99. The van der Waals surface area contributed by atoms with Crippen LogP contribution in [0.3, 0.4) is 0 Å². The predicted octanol–water partition coefficient (Wildman–Crippen LogP) is 3.16. The van der Waals surface area contributed by atoms with Crippen molar-refractivity contribution >= 4 is 44.9 Å². The minimum Gasteiger partial charge on any atom is -0.360 e. The highest BCUT2D eigenvalue weighted by molar-refractivity contribution is 7.15. The van der Waals surface area contributed by atoms with Crippen molar-refractivity contribution in [3.63, 3.8) is 0 Å². The Hall–Kier alpha value is -2.25. The van der Waals surface area contributed by atoms with Gasteiger partial charge in [-0.15, -0.1) is 10.2 Å². The van der Waals surface area contributed by atoms with Crippen molar-refractivity contribution in [3.05, 3.63) is 49.7 Å². The van der Waals surface area contributed by atoms with Crippen LogP contribution in [-0.4, -0.2) is 21.1 Å². The molecule has 0 aliphatic rings. The summed E-state index contributed by atoms with van der Waals surface area (Å²) in [4.78, 5) is 27.8. The molecule has 0 radical (unpaired) electrons. The SMILES string of the molecule is CCc1nnc(NC(=O)c2c[nH]c3c(C)c(Cl)ccc3c2=O)s1. The van der Waals surface area contributed by atoms with Gasteiger partial charge >= 0.3 is 0 Å². The van der Waals surface area contributed by atoms with Crippen molar-refractivity contribution in [2.24, 2.45) is 0 Å². The highest BCUT2D eigenvalue weighted by atomic mass is 35.5. The summed E-state index contributed by atoms with van der Waals surface area (Å²) in [6, 6.07) is 3.26. The van der Waals surface area contributed by atoms with Crippen LogP contribution in [0.4, 0.5) is 5.13 Å². The van der Waals surface area contributed by atoms with Crippen LogP contribution < -0.4 is 10.7 Å². The second kappa shape index (κ2) is 6.10. The molecule has 118 valence electrons. The van der Waals surface area contributed by atoms with E-state index in [2.05, 4.69) is 20.5 Å². The number of hydrogen-bond donors (Lipinski definition) is 2. The van der Waals surface area contributed by atoms with Crippen LogP contribution in [0, 0.1) is 6.92 Å². The number of benzene rings is 1. The van der Waals surface area contributed by atoms with Gasteiger partial charge in [0.2, 0.25) is 10.6 Å². The van der Waals surface area contributed by atoms with Crippen molar-refractivity contribution in [1.82, 2.24) is 15.2 Å². The standard InChI is InChI=1S/C15H13ClN4O2S/c1-3-11-19-20-15(23-11)18-14(22)9-6-17-12-7(2)10(16)5-4-8(12)13(9)21/h4-6H,3H2,1-2H3,(H,17,21)(H,18,20,22). The van der Waals surface area contributed by atoms with Crippen LogP contribution in [0.15, 0.2) is 23.1 Å². The monoisotopic (exact) mass is 348 g/mol. The number of halogens is 1. The maximum atomic E-state index is 12.5. The van der Waals surface area contributed by atoms with Gasteiger partial charge in [0.15, 0.2) is 0 Å². The number of carbonyl (C=O) groups is 1. The Morgan fingerprint density at radius 3 is 2.87 bits per heavy atom. The lowest BCUT2D eigenvalue weighted by molar-refractivity contribution is 0.102. The van der Waals surface area contributed by atoms with Crippen molar-refractivity contribution in [2.75, 3.05) is 5.32 Å². The van der Waals surface area contributed by atoms with E-state index in [4.69, 9.17) is 11.6 Å². The number of nitrogens with zero attached hydrogens (tertiary/aromatic N) is 2. The minimum atomic E-state index is -0.514. The van der Waals surface area contributed by atoms with E-state index in [1.54, 1.807) is 12.1 Å². The first-order chi connectivity index (χ1) is 11.0. The third kappa shape index (κ3) is 2.85. The number of H-pyrrole nitrogens is 1. The molecule has 1 aromatic carbocycles. The molecule has 0 atom stereocenters. The van der Waals surface area contributed by atoms with Crippen LogP contribution in [0.25, 0.3) is 10.9 Å². The molecule has 2 aromatic heterocycles. The number of anilines is 1. The Morgan fingerprint density at radius 1 is 1.39 bits per heavy atom. The van der Waals surface area contributed by atoms with Crippen LogP contribution in [-0.2, 0) is 6.42 Å². The number of amides is 1. The molecular weight excluding hydrogens is 336 g/mol. The van der Waals surface area contributed by atoms with E-state index in [0.717, 1.165) is 17.0 Å². The molecule has 0 aliphatic carbocycles. The van der Waals surface area contributed by atoms with E-state index in [-0.39, 0.29) is 11.0 Å². The van der Waals surface area contributed by atoms with Crippen LogP contribution in [0.5, 0.6) is 0 Å². The molecular formula is C15H13ClN4O2S. The largest absolute Gasteiger partial charge is 0.360 e. The molecule has 3 aromatic rings. The lowest BCUT2D eigenvalue weighted by Crippen LogP contribution is -2.22. The Balaban J connectivity index is 1.99. The van der Waals surface area contributed by atoms with E-state index in [1.807, 2.05) is 13.8 Å². The number of rotatable bonds is 3. The maximum absolute atomic E-state index is 12.5. The summed E-state index contributed by atoms with van der Waals surface area (Å²) in [5.74, 6) is -0.514. The number of aryl methyl sites for hydroxylation is 2. The molecule has 2 heterocycles. The fourth-order valence-electron chi connectivity index (χ4n) is 2.20. The highest BCUT2D eigenvalue weighted by Gasteiger charge is 2.16. The molecule has 8 heteroatoms.